The van der Waals surface area contributed by atoms with Gasteiger partial charge in [0.1, 0.15) is 6.10 Å². The standard InChI is InChI=1S/C20H32O5.Na/c1-2-3-4-7-14(21)10-11-16-17-12-15(8-5-6-9-20(23)24)25-19(17)13-18(16)22;/h8,10-11,14,16-19,21-22H,2-7,9,12-13H2,1H3,(H,23,24);/q;+1/p-1/b11-10+,15-8-;/t14-,16+,17+,18+,19+;/m0./s1. The van der Waals surface area contributed by atoms with E-state index in [4.69, 9.17) is 4.74 Å². The summed E-state index contributed by atoms with van der Waals surface area (Å²) in [6.07, 6.45) is 11.6. The first kappa shape index (κ1) is 23.7. The van der Waals surface area contributed by atoms with Crippen molar-refractivity contribution in [2.45, 2.75) is 83.0 Å². The molecule has 26 heavy (non-hydrogen) atoms. The van der Waals surface area contributed by atoms with Crippen LogP contribution in [-0.2, 0) is 9.53 Å². The van der Waals surface area contributed by atoms with Crippen LogP contribution in [0.4, 0.5) is 0 Å². The van der Waals surface area contributed by atoms with Crippen LogP contribution in [0.25, 0.3) is 0 Å². The molecule has 0 aromatic rings. The number of hydrogen-bond donors (Lipinski definition) is 2. The van der Waals surface area contributed by atoms with Gasteiger partial charge in [-0.3, -0.25) is 0 Å². The average molecular weight is 374 g/mol. The van der Waals surface area contributed by atoms with Crippen LogP contribution >= 0.6 is 0 Å². The second-order valence-electron chi connectivity index (χ2n) is 7.29. The number of hydrogen-bond acceptors (Lipinski definition) is 5. The zero-order valence-electron chi connectivity index (χ0n) is 16.1. The van der Waals surface area contributed by atoms with Gasteiger partial charge in [0.2, 0.25) is 0 Å². The fourth-order valence-corrected chi connectivity index (χ4v) is 3.85. The molecule has 0 radical (unpaired) electrons. The van der Waals surface area contributed by atoms with Crippen molar-refractivity contribution < 1.29 is 54.4 Å². The molecule has 5 atom stereocenters. The van der Waals surface area contributed by atoms with Gasteiger partial charge in [-0.25, -0.2) is 0 Å². The molecule has 1 aliphatic carbocycles. The summed E-state index contributed by atoms with van der Waals surface area (Å²) in [6.45, 7) is 2.14. The number of carboxylic acids is 1. The Bertz CT molecular complexity index is 491. The predicted octanol–water partition coefficient (Wildman–Crippen LogP) is -0.922. The third-order valence-corrected chi connectivity index (χ3v) is 5.25. The van der Waals surface area contributed by atoms with Gasteiger partial charge in [0.25, 0.3) is 0 Å². The van der Waals surface area contributed by atoms with Crippen molar-refractivity contribution in [2.24, 2.45) is 11.8 Å². The Labute approximate surface area is 178 Å². The van der Waals surface area contributed by atoms with Crippen LogP contribution in [0.1, 0.15) is 64.7 Å². The van der Waals surface area contributed by atoms with Gasteiger partial charge in [0, 0.05) is 30.6 Å². The van der Waals surface area contributed by atoms with E-state index >= 15 is 0 Å². The summed E-state index contributed by atoms with van der Waals surface area (Å²) in [6, 6.07) is 0. The number of fused-ring (bicyclic) bond motifs is 1. The van der Waals surface area contributed by atoms with Gasteiger partial charge in [0.05, 0.1) is 18.0 Å². The number of aliphatic hydroxyl groups is 2. The van der Waals surface area contributed by atoms with Crippen molar-refractivity contribution in [3.05, 3.63) is 24.0 Å². The topological polar surface area (TPSA) is 89.8 Å². The SMILES string of the molecule is CCCCC[C@H](O)/C=C/[C@@H]1[C@H]2C/C(=C/CCCC(=O)[O-])O[C@@H]2C[C@H]1O.[Na+]. The fourth-order valence-electron chi connectivity index (χ4n) is 3.85. The number of unbranched alkanes of at least 4 members (excludes halogenated alkanes) is 3. The van der Waals surface area contributed by atoms with E-state index in [1.54, 1.807) is 0 Å². The van der Waals surface area contributed by atoms with Crippen molar-refractivity contribution >= 4 is 5.97 Å². The number of ether oxygens (including phenoxy) is 1. The summed E-state index contributed by atoms with van der Waals surface area (Å²) >= 11 is 0. The first-order valence-corrected chi connectivity index (χ1v) is 9.61. The van der Waals surface area contributed by atoms with E-state index in [9.17, 15) is 20.1 Å². The van der Waals surface area contributed by atoms with Crippen molar-refractivity contribution in [1.82, 2.24) is 0 Å². The van der Waals surface area contributed by atoms with E-state index in [1.165, 1.54) is 0 Å². The molecule has 1 saturated heterocycles. The molecular formula is C20H31NaO5. The van der Waals surface area contributed by atoms with Gasteiger partial charge < -0.3 is 24.9 Å². The van der Waals surface area contributed by atoms with Gasteiger partial charge in [-0.1, -0.05) is 38.3 Å². The molecule has 1 heterocycles. The van der Waals surface area contributed by atoms with Crippen LogP contribution in [0.2, 0.25) is 0 Å². The number of carbonyl (C=O) groups excluding carboxylic acids is 1. The van der Waals surface area contributed by atoms with Gasteiger partial charge in [-0.05, 0) is 31.8 Å². The van der Waals surface area contributed by atoms with E-state index < -0.39 is 18.2 Å². The second kappa shape index (κ2) is 12.2. The molecule has 2 fully saturated rings. The molecule has 2 N–H and O–H groups in total. The summed E-state index contributed by atoms with van der Waals surface area (Å²) in [4.78, 5) is 10.4. The Kier molecular flexibility index (Phi) is 11.1. The molecule has 6 heteroatoms. The summed E-state index contributed by atoms with van der Waals surface area (Å²) in [5.41, 5.74) is 0. The molecule has 2 rings (SSSR count). The summed E-state index contributed by atoms with van der Waals surface area (Å²) in [5.74, 6) is 0.136. The van der Waals surface area contributed by atoms with Crippen LogP contribution in [0.5, 0.6) is 0 Å². The van der Waals surface area contributed by atoms with E-state index in [1.807, 2.05) is 18.2 Å². The first-order chi connectivity index (χ1) is 12.0. The van der Waals surface area contributed by atoms with Crippen LogP contribution in [0, 0.1) is 11.8 Å². The van der Waals surface area contributed by atoms with Crippen molar-refractivity contribution in [2.75, 3.05) is 0 Å². The fraction of sp³-hybridized carbons (Fsp3) is 0.750. The molecule has 0 unspecified atom stereocenters. The Morgan fingerprint density at radius 1 is 1.38 bits per heavy atom. The van der Waals surface area contributed by atoms with Crippen LogP contribution < -0.4 is 34.7 Å². The molecule has 0 amide bonds. The van der Waals surface area contributed by atoms with Gasteiger partial charge in [-0.15, -0.1) is 0 Å². The van der Waals surface area contributed by atoms with E-state index in [0.717, 1.165) is 37.9 Å². The maximum absolute atomic E-state index is 10.4. The Hall–Kier alpha value is -0.330. The number of aliphatic hydroxyl groups excluding tert-OH is 2. The molecule has 0 aromatic heterocycles. The quantitative estimate of drug-likeness (QED) is 0.293. The second-order valence-corrected chi connectivity index (χ2v) is 7.29. The monoisotopic (exact) mass is 374 g/mol. The molecule has 0 aromatic carbocycles. The largest absolute Gasteiger partial charge is 1.00 e. The molecule has 0 bridgehead atoms. The van der Waals surface area contributed by atoms with E-state index in [0.29, 0.717) is 19.3 Å². The molecule has 0 spiro atoms. The molecule has 5 nitrogen and oxygen atoms in total. The minimum atomic E-state index is -1.02. The van der Waals surface area contributed by atoms with Crippen molar-refractivity contribution in [1.29, 1.82) is 0 Å². The maximum Gasteiger partial charge on any atom is 1.00 e. The van der Waals surface area contributed by atoms with E-state index in [-0.39, 0.29) is 53.9 Å². The average Bonchev–Trinajstić information content (AvgIpc) is 3.06. The number of rotatable bonds is 10. The minimum Gasteiger partial charge on any atom is -0.550 e. The number of aliphatic carboxylic acids is 1. The number of carboxylic acid groups (broad SMARTS) is 1. The Balaban J connectivity index is 0.00000338. The van der Waals surface area contributed by atoms with Crippen LogP contribution in [0.3, 0.4) is 0 Å². The smallest absolute Gasteiger partial charge is 0.550 e. The summed E-state index contributed by atoms with van der Waals surface area (Å²) in [5, 5.41) is 30.7. The third kappa shape index (κ3) is 7.35. The Morgan fingerprint density at radius 2 is 2.15 bits per heavy atom. The number of carbonyl (C=O) groups is 1. The van der Waals surface area contributed by atoms with Gasteiger partial charge in [-0.2, -0.15) is 0 Å². The maximum atomic E-state index is 10.4. The van der Waals surface area contributed by atoms with Gasteiger partial charge >= 0.3 is 29.6 Å². The molecule has 1 aliphatic heterocycles. The van der Waals surface area contributed by atoms with Crippen LogP contribution in [-0.4, -0.2) is 34.5 Å². The van der Waals surface area contributed by atoms with Crippen LogP contribution in [0.15, 0.2) is 24.0 Å². The summed E-state index contributed by atoms with van der Waals surface area (Å²) in [7, 11) is 0. The van der Waals surface area contributed by atoms with Gasteiger partial charge in [0.15, 0.2) is 0 Å². The predicted molar refractivity (Wildman–Crippen MR) is 93.3 cm³/mol. The Morgan fingerprint density at radius 3 is 2.85 bits per heavy atom. The third-order valence-electron chi connectivity index (χ3n) is 5.25. The molecule has 142 valence electrons. The molecule has 2 aliphatic rings. The summed E-state index contributed by atoms with van der Waals surface area (Å²) < 4.78 is 5.92. The molecule has 1 saturated carbocycles. The zero-order valence-corrected chi connectivity index (χ0v) is 18.1. The van der Waals surface area contributed by atoms with Crippen molar-refractivity contribution in [3.63, 3.8) is 0 Å². The van der Waals surface area contributed by atoms with E-state index in [2.05, 4.69) is 6.92 Å². The first-order valence-electron chi connectivity index (χ1n) is 9.61. The minimum absolute atomic E-state index is 0. The zero-order chi connectivity index (χ0) is 18.2. The van der Waals surface area contributed by atoms with Crippen molar-refractivity contribution in [3.8, 4) is 0 Å². The normalized spacial score (nSPS) is 30.2. The molecular weight excluding hydrogens is 343 g/mol. The number of allylic oxidation sites excluding steroid dienone is 2.